The van der Waals surface area contributed by atoms with Gasteiger partial charge in [0.15, 0.2) is 0 Å². The molecule has 0 aromatic carbocycles. The minimum absolute atomic E-state index is 0.588. The largest absolute Gasteiger partial charge is 0.383 e. The van der Waals surface area contributed by atoms with Crippen LogP contribution in [-0.2, 0) is 6.42 Å². The van der Waals surface area contributed by atoms with Crippen LogP contribution in [0.25, 0.3) is 0 Å². The highest BCUT2D eigenvalue weighted by Crippen LogP contribution is 2.17. The first kappa shape index (κ1) is 13.1. The van der Waals surface area contributed by atoms with E-state index in [-0.39, 0.29) is 0 Å². The normalized spacial score (nSPS) is 16.1. The molecule has 3 N–H and O–H groups in total. The standard InChI is InChI=1S/C13H23N5/c1-3-11-16-12(14)10(2)13(17-11)15-6-9-18-7-4-5-8-18/h3-9H2,1-2H3,(H3,14,15,16,17). The number of anilines is 2. The molecular formula is C13H23N5. The van der Waals surface area contributed by atoms with Gasteiger partial charge in [0.05, 0.1) is 0 Å². The lowest BCUT2D eigenvalue weighted by Crippen LogP contribution is -2.26. The van der Waals surface area contributed by atoms with Gasteiger partial charge in [-0.15, -0.1) is 0 Å². The summed E-state index contributed by atoms with van der Waals surface area (Å²) in [5, 5.41) is 3.38. The summed E-state index contributed by atoms with van der Waals surface area (Å²) in [6.07, 6.45) is 3.48. The van der Waals surface area contributed by atoms with E-state index >= 15 is 0 Å². The van der Waals surface area contributed by atoms with Gasteiger partial charge >= 0.3 is 0 Å². The molecule has 0 aliphatic carbocycles. The Labute approximate surface area is 109 Å². The summed E-state index contributed by atoms with van der Waals surface area (Å²) in [5.74, 6) is 2.28. The first-order valence-electron chi connectivity index (χ1n) is 6.80. The molecule has 5 heteroatoms. The van der Waals surface area contributed by atoms with Crippen LogP contribution in [0.4, 0.5) is 11.6 Å². The number of nitrogen functional groups attached to an aromatic ring is 1. The van der Waals surface area contributed by atoms with Gasteiger partial charge in [0, 0.05) is 25.1 Å². The van der Waals surface area contributed by atoms with Crippen molar-refractivity contribution in [3.63, 3.8) is 0 Å². The molecule has 1 aromatic heterocycles. The van der Waals surface area contributed by atoms with Crippen LogP contribution in [0, 0.1) is 6.92 Å². The maximum absolute atomic E-state index is 5.89. The van der Waals surface area contributed by atoms with Gasteiger partial charge in [0.25, 0.3) is 0 Å². The molecule has 1 aromatic rings. The second-order valence-electron chi connectivity index (χ2n) is 4.83. The highest BCUT2D eigenvalue weighted by molar-refractivity contribution is 5.54. The van der Waals surface area contributed by atoms with Crippen molar-refractivity contribution in [1.29, 1.82) is 0 Å². The molecule has 0 bridgehead atoms. The Hall–Kier alpha value is -1.36. The minimum Gasteiger partial charge on any atom is -0.383 e. The van der Waals surface area contributed by atoms with Gasteiger partial charge in [-0.1, -0.05) is 6.92 Å². The molecule has 100 valence electrons. The third-order valence-electron chi connectivity index (χ3n) is 3.47. The van der Waals surface area contributed by atoms with E-state index < -0.39 is 0 Å². The van der Waals surface area contributed by atoms with E-state index in [9.17, 15) is 0 Å². The lowest BCUT2D eigenvalue weighted by Gasteiger charge is -2.16. The average molecular weight is 249 g/mol. The zero-order valence-corrected chi connectivity index (χ0v) is 11.4. The van der Waals surface area contributed by atoms with Crippen molar-refractivity contribution < 1.29 is 0 Å². The topological polar surface area (TPSA) is 67.1 Å². The molecule has 5 nitrogen and oxygen atoms in total. The third kappa shape index (κ3) is 3.10. The van der Waals surface area contributed by atoms with E-state index in [0.29, 0.717) is 5.82 Å². The number of rotatable bonds is 5. The quantitative estimate of drug-likeness (QED) is 0.826. The van der Waals surface area contributed by atoms with E-state index in [1.54, 1.807) is 0 Å². The molecule has 0 radical (unpaired) electrons. The zero-order chi connectivity index (χ0) is 13.0. The van der Waals surface area contributed by atoms with Crippen molar-refractivity contribution >= 4 is 11.6 Å². The highest BCUT2D eigenvalue weighted by Gasteiger charge is 2.11. The van der Waals surface area contributed by atoms with Crippen LogP contribution in [0.1, 0.15) is 31.2 Å². The van der Waals surface area contributed by atoms with Crippen molar-refractivity contribution in [2.45, 2.75) is 33.1 Å². The summed E-state index contributed by atoms with van der Waals surface area (Å²) in [4.78, 5) is 11.2. The van der Waals surface area contributed by atoms with Gasteiger partial charge in [-0.25, -0.2) is 9.97 Å². The Morgan fingerprint density at radius 2 is 2.00 bits per heavy atom. The van der Waals surface area contributed by atoms with Crippen LogP contribution < -0.4 is 11.1 Å². The van der Waals surface area contributed by atoms with Crippen LogP contribution in [0.2, 0.25) is 0 Å². The van der Waals surface area contributed by atoms with Gasteiger partial charge in [-0.2, -0.15) is 0 Å². The molecule has 1 aliphatic rings. The van der Waals surface area contributed by atoms with Crippen molar-refractivity contribution in [3.8, 4) is 0 Å². The Kier molecular flexibility index (Phi) is 4.36. The summed E-state index contributed by atoms with van der Waals surface area (Å²) in [6, 6.07) is 0. The van der Waals surface area contributed by atoms with Gasteiger partial charge in [0.2, 0.25) is 0 Å². The number of nitrogens with two attached hydrogens (primary N) is 1. The number of likely N-dealkylation sites (tertiary alicyclic amines) is 1. The maximum Gasteiger partial charge on any atom is 0.134 e. The summed E-state index contributed by atoms with van der Waals surface area (Å²) < 4.78 is 0. The van der Waals surface area contributed by atoms with E-state index in [4.69, 9.17) is 5.73 Å². The molecule has 1 saturated heterocycles. The van der Waals surface area contributed by atoms with Gasteiger partial charge in [0.1, 0.15) is 17.5 Å². The fourth-order valence-corrected chi connectivity index (χ4v) is 2.25. The van der Waals surface area contributed by atoms with E-state index in [1.807, 2.05) is 13.8 Å². The molecule has 0 atom stereocenters. The van der Waals surface area contributed by atoms with E-state index in [0.717, 1.165) is 36.7 Å². The number of nitrogens with zero attached hydrogens (tertiary/aromatic N) is 3. The summed E-state index contributed by atoms with van der Waals surface area (Å²) >= 11 is 0. The average Bonchev–Trinajstić information content (AvgIpc) is 2.87. The Bertz CT molecular complexity index is 399. The van der Waals surface area contributed by atoms with Gasteiger partial charge < -0.3 is 16.0 Å². The van der Waals surface area contributed by atoms with Crippen LogP contribution in [0.3, 0.4) is 0 Å². The molecule has 0 amide bonds. The SMILES string of the molecule is CCc1nc(N)c(C)c(NCCN2CCCC2)n1. The molecule has 1 aliphatic heterocycles. The van der Waals surface area contributed by atoms with Crippen LogP contribution >= 0.6 is 0 Å². The summed E-state index contributed by atoms with van der Waals surface area (Å²) in [6.45, 7) is 8.45. The fourth-order valence-electron chi connectivity index (χ4n) is 2.25. The number of aromatic nitrogens is 2. The fraction of sp³-hybridized carbons (Fsp3) is 0.692. The van der Waals surface area contributed by atoms with Crippen molar-refractivity contribution in [2.24, 2.45) is 0 Å². The molecule has 1 fully saturated rings. The molecule has 0 saturated carbocycles. The maximum atomic E-state index is 5.89. The molecule has 2 heterocycles. The van der Waals surface area contributed by atoms with Crippen molar-refractivity contribution in [3.05, 3.63) is 11.4 Å². The smallest absolute Gasteiger partial charge is 0.134 e. The first-order valence-corrected chi connectivity index (χ1v) is 6.80. The van der Waals surface area contributed by atoms with Crippen LogP contribution in [0.5, 0.6) is 0 Å². The minimum atomic E-state index is 0.588. The van der Waals surface area contributed by atoms with Gasteiger partial charge in [-0.3, -0.25) is 0 Å². The molecule has 0 spiro atoms. The predicted molar refractivity (Wildman–Crippen MR) is 74.7 cm³/mol. The summed E-state index contributed by atoms with van der Waals surface area (Å²) in [5.41, 5.74) is 6.84. The lowest BCUT2D eigenvalue weighted by atomic mass is 10.3. The Morgan fingerprint density at radius 3 is 2.67 bits per heavy atom. The molecular weight excluding hydrogens is 226 g/mol. The lowest BCUT2D eigenvalue weighted by molar-refractivity contribution is 0.352. The molecule has 2 rings (SSSR count). The first-order chi connectivity index (χ1) is 8.70. The molecule has 0 unspecified atom stereocenters. The van der Waals surface area contributed by atoms with Crippen molar-refractivity contribution in [1.82, 2.24) is 14.9 Å². The van der Waals surface area contributed by atoms with Gasteiger partial charge in [-0.05, 0) is 32.9 Å². The van der Waals surface area contributed by atoms with E-state index in [2.05, 4.69) is 20.2 Å². The second kappa shape index (κ2) is 6.00. The van der Waals surface area contributed by atoms with Crippen molar-refractivity contribution in [2.75, 3.05) is 37.2 Å². The Morgan fingerprint density at radius 1 is 1.28 bits per heavy atom. The van der Waals surface area contributed by atoms with Crippen LogP contribution in [-0.4, -0.2) is 41.0 Å². The Balaban J connectivity index is 1.93. The number of hydrogen-bond acceptors (Lipinski definition) is 5. The van der Waals surface area contributed by atoms with E-state index in [1.165, 1.54) is 25.9 Å². The van der Waals surface area contributed by atoms with Crippen LogP contribution in [0.15, 0.2) is 0 Å². The highest BCUT2D eigenvalue weighted by atomic mass is 15.2. The summed E-state index contributed by atoms with van der Waals surface area (Å²) in [7, 11) is 0. The zero-order valence-electron chi connectivity index (χ0n) is 11.4. The monoisotopic (exact) mass is 249 g/mol. The third-order valence-corrected chi connectivity index (χ3v) is 3.47. The predicted octanol–water partition coefficient (Wildman–Crippen LogP) is 1.44. The number of hydrogen-bond donors (Lipinski definition) is 2. The number of nitrogens with one attached hydrogen (secondary N) is 1. The molecule has 18 heavy (non-hydrogen) atoms. The second-order valence-corrected chi connectivity index (χ2v) is 4.83. The number of aryl methyl sites for hydroxylation is 1.